The normalized spacial score (nSPS) is 10.4. The molecule has 0 radical (unpaired) electrons. The molecule has 0 saturated carbocycles. The maximum absolute atomic E-state index is 12.3. The molecule has 0 aliphatic rings. The predicted octanol–water partition coefficient (Wildman–Crippen LogP) is 2.24. The Hall–Kier alpha value is -3.78. The molecule has 0 atom stereocenters. The van der Waals surface area contributed by atoms with Crippen LogP contribution in [0.15, 0.2) is 65.5 Å². The number of benzene rings is 2. The van der Waals surface area contributed by atoms with Gasteiger partial charge in [0.15, 0.2) is 6.61 Å². The number of carbonyl (C=O) groups is 3. The summed E-state index contributed by atoms with van der Waals surface area (Å²) in [5.41, 5.74) is 0.682. The second-order valence-corrected chi connectivity index (χ2v) is 7.03. The minimum atomic E-state index is -1.07. The van der Waals surface area contributed by atoms with Crippen LogP contribution in [0.2, 0.25) is 5.02 Å². The van der Waals surface area contributed by atoms with Gasteiger partial charge in [0.05, 0.1) is 12.1 Å². The number of ether oxygens (including phenoxy) is 1. The van der Waals surface area contributed by atoms with E-state index in [1.807, 2.05) is 6.07 Å². The van der Waals surface area contributed by atoms with E-state index < -0.39 is 35.5 Å². The van der Waals surface area contributed by atoms with Gasteiger partial charge in [0.2, 0.25) is 17.0 Å². The number of esters is 1. The molecule has 3 rings (SSSR count). The number of imide groups is 1. The number of halogens is 1. The summed E-state index contributed by atoms with van der Waals surface area (Å²) < 4.78 is 6.26. The van der Waals surface area contributed by atoms with Gasteiger partial charge in [-0.2, -0.15) is 5.10 Å². The van der Waals surface area contributed by atoms with Gasteiger partial charge in [-0.3, -0.25) is 19.7 Å². The first kappa shape index (κ1) is 21.9. The van der Waals surface area contributed by atoms with E-state index in [4.69, 9.17) is 16.3 Å². The number of carbonyl (C=O) groups excluding carboxylic acids is 3. The summed E-state index contributed by atoms with van der Waals surface area (Å²) in [6, 6.07) is 16.7. The van der Waals surface area contributed by atoms with Crippen LogP contribution in [-0.4, -0.2) is 34.2 Å². The van der Waals surface area contributed by atoms with Crippen molar-refractivity contribution in [1.82, 2.24) is 15.1 Å². The predicted molar refractivity (Wildman–Crippen MR) is 113 cm³/mol. The molecule has 9 heteroatoms. The van der Waals surface area contributed by atoms with Crippen molar-refractivity contribution >= 4 is 29.4 Å². The van der Waals surface area contributed by atoms with E-state index in [-0.39, 0.29) is 6.42 Å². The molecule has 1 aromatic heterocycles. The van der Waals surface area contributed by atoms with E-state index in [2.05, 4.69) is 10.4 Å². The van der Waals surface area contributed by atoms with Crippen molar-refractivity contribution in [2.24, 2.45) is 0 Å². The zero-order valence-corrected chi connectivity index (χ0v) is 17.3. The molecule has 0 spiro atoms. The minimum absolute atomic E-state index is 0.00580. The van der Waals surface area contributed by atoms with Gasteiger partial charge in [-0.05, 0) is 36.8 Å². The summed E-state index contributed by atoms with van der Waals surface area (Å²) in [6.07, 6.45) is 0.00580. The Balaban J connectivity index is 1.64. The molecule has 158 valence electrons. The molecule has 2 aromatic carbocycles. The number of nitrogens with zero attached hydrogens (tertiary/aromatic N) is 2. The molecule has 0 fully saturated rings. The van der Waals surface area contributed by atoms with Gasteiger partial charge in [-0.1, -0.05) is 41.9 Å². The largest absolute Gasteiger partial charge is 0.451 e. The zero-order valence-electron chi connectivity index (χ0n) is 16.5. The summed E-state index contributed by atoms with van der Waals surface area (Å²) >= 11 is 5.88. The Morgan fingerprint density at radius 3 is 2.39 bits per heavy atom. The lowest BCUT2D eigenvalue weighted by molar-refractivity contribution is -0.132. The van der Waals surface area contributed by atoms with Crippen LogP contribution in [0, 0.1) is 6.92 Å². The van der Waals surface area contributed by atoms with Gasteiger partial charge in [0.1, 0.15) is 0 Å². The smallest absolute Gasteiger partial charge is 0.363 e. The molecule has 0 saturated heterocycles. The van der Waals surface area contributed by atoms with Crippen LogP contribution in [-0.2, 0) is 20.7 Å². The highest BCUT2D eigenvalue weighted by Gasteiger charge is 2.19. The van der Waals surface area contributed by atoms with Crippen molar-refractivity contribution < 1.29 is 19.1 Å². The SMILES string of the molecule is Cc1cc(=O)c(C(=O)OCC(=O)NC(=O)Cc2ccccc2)nn1-c1ccc(Cl)cc1. The van der Waals surface area contributed by atoms with Gasteiger partial charge in [0, 0.05) is 16.8 Å². The van der Waals surface area contributed by atoms with E-state index in [1.54, 1.807) is 55.5 Å². The molecule has 1 N–H and O–H groups in total. The summed E-state index contributed by atoms with van der Waals surface area (Å²) in [6.45, 7) is 0.930. The zero-order chi connectivity index (χ0) is 22.4. The van der Waals surface area contributed by atoms with Crippen molar-refractivity contribution in [1.29, 1.82) is 0 Å². The van der Waals surface area contributed by atoms with Gasteiger partial charge >= 0.3 is 5.97 Å². The molecular formula is C22H18ClN3O5. The van der Waals surface area contributed by atoms with Gasteiger partial charge in [-0.25, -0.2) is 9.48 Å². The molecule has 0 bridgehead atoms. The second kappa shape index (κ2) is 9.82. The molecule has 8 nitrogen and oxygen atoms in total. The van der Waals surface area contributed by atoms with E-state index in [9.17, 15) is 19.2 Å². The third kappa shape index (κ3) is 5.86. The maximum atomic E-state index is 12.3. The summed E-state index contributed by atoms with van der Waals surface area (Å²) in [7, 11) is 0. The van der Waals surface area contributed by atoms with E-state index in [0.29, 0.717) is 16.4 Å². The Kier molecular flexibility index (Phi) is 6.94. The average Bonchev–Trinajstić information content (AvgIpc) is 2.73. The highest BCUT2D eigenvalue weighted by Crippen LogP contribution is 2.14. The lowest BCUT2D eigenvalue weighted by Crippen LogP contribution is -2.35. The van der Waals surface area contributed by atoms with Gasteiger partial charge < -0.3 is 4.74 Å². The molecule has 0 aliphatic heterocycles. The molecule has 1 heterocycles. The quantitative estimate of drug-likeness (QED) is 0.590. The maximum Gasteiger partial charge on any atom is 0.363 e. The number of aryl methyl sites for hydroxylation is 1. The lowest BCUT2D eigenvalue weighted by Gasteiger charge is -2.11. The van der Waals surface area contributed by atoms with E-state index in [1.165, 1.54) is 10.7 Å². The fourth-order valence-corrected chi connectivity index (χ4v) is 2.87. The first-order valence-electron chi connectivity index (χ1n) is 9.24. The molecule has 0 unspecified atom stereocenters. The van der Waals surface area contributed by atoms with Crippen molar-refractivity contribution in [3.63, 3.8) is 0 Å². The Morgan fingerprint density at radius 2 is 1.71 bits per heavy atom. The van der Waals surface area contributed by atoms with Crippen molar-refractivity contribution in [3.05, 3.63) is 92.9 Å². The number of nitrogens with one attached hydrogen (secondary N) is 1. The summed E-state index contributed by atoms with van der Waals surface area (Å²) in [5.74, 6) is -2.41. The monoisotopic (exact) mass is 439 g/mol. The molecule has 3 aromatic rings. The van der Waals surface area contributed by atoms with Crippen molar-refractivity contribution in [3.8, 4) is 5.69 Å². The van der Waals surface area contributed by atoms with E-state index in [0.717, 1.165) is 5.56 Å². The highest BCUT2D eigenvalue weighted by atomic mass is 35.5. The van der Waals surface area contributed by atoms with Crippen LogP contribution in [0.4, 0.5) is 0 Å². The van der Waals surface area contributed by atoms with Gasteiger partial charge in [-0.15, -0.1) is 0 Å². The van der Waals surface area contributed by atoms with Crippen LogP contribution >= 0.6 is 11.6 Å². The minimum Gasteiger partial charge on any atom is -0.451 e. The molecule has 0 aliphatic carbocycles. The number of amides is 2. The summed E-state index contributed by atoms with van der Waals surface area (Å²) in [5, 5.41) is 6.71. The first-order valence-corrected chi connectivity index (χ1v) is 9.62. The second-order valence-electron chi connectivity index (χ2n) is 6.60. The molecule has 2 amide bonds. The first-order chi connectivity index (χ1) is 14.8. The number of aromatic nitrogens is 2. The number of hydrogen-bond donors (Lipinski definition) is 1. The highest BCUT2D eigenvalue weighted by molar-refractivity contribution is 6.30. The molecule has 31 heavy (non-hydrogen) atoms. The Labute approximate surface area is 182 Å². The van der Waals surface area contributed by atoms with E-state index >= 15 is 0 Å². The van der Waals surface area contributed by atoms with Crippen molar-refractivity contribution in [2.75, 3.05) is 6.61 Å². The molecular weight excluding hydrogens is 422 g/mol. The van der Waals surface area contributed by atoms with Gasteiger partial charge in [0.25, 0.3) is 5.91 Å². The summed E-state index contributed by atoms with van der Waals surface area (Å²) in [4.78, 5) is 48.3. The third-order valence-corrected chi connectivity index (χ3v) is 4.44. The third-order valence-electron chi connectivity index (χ3n) is 4.19. The van der Waals surface area contributed by atoms with Crippen LogP contribution in [0.3, 0.4) is 0 Å². The Bertz CT molecular complexity index is 1170. The van der Waals surface area contributed by atoms with Crippen LogP contribution in [0.1, 0.15) is 21.7 Å². The Morgan fingerprint density at radius 1 is 1.03 bits per heavy atom. The standard InChI is InChI=1S/C22H18ClN3O5/c1-14-11-18(27)21(25-26(14)17-9-7-16(23)8-10-17)22(30)31-13-20(29)24-19(28)12-15-5-3-2-4-6-15/h2-11H,12-13H2,1H3,(H,24,28,29). The number of rotatable bonds is 6. The number of hydrogen-bond acceptors (Lipinski definition) is 6. The fraction of sp³-hybridized carbons (Fsp3) is 0.136. The van der Waals surface area contributed by atoms with Crippen LogP contribution in [0.25, 0.3) is 5.69 Å². The topological polar surface area (TPSA) is 107 Å². The van der Waals surface area contributed by atoms with Crippen LogP contribution in [0.5, 0.6) is 0 Å². The van der Waals surface area contributed by atoms with Crippen LogP contribution < -0.4 is 10.7 Å². The lowest BCUT2D eigenvalue weighted by atomic mass is 10.1. The average molecular weight is 440 g/mol. The fourth-order valence-electron chi connectivity index (χ4n) is 2.75. The van der Waals surface area contributed by atoms with Crippen molar-refractivity contribution in [2.45, 2.75) is 13.3 Å².